The highest BCUT2D eigenvalue weighted by Gasteiger charge is 2.52. The Morgan fingerprint density at radius 3 is 1.16 bits per heavy atom. The van der Waals surface area contributed by atoms with Gasteiger partial charge in [0.1, 0.15) is 0 Å². The largest absolute Gasteiger partial charge is 0.310 e. The van der Waals surface area contributed by atoms with E-state index in [2.05, 4.69) is 269 Å². The molecule has 4 aliphatic rings. The molecule has 16 rings (SSSR count). The topological polar surface area (TPSA) is 3.24 Å². The van der Waals surface area contributed by atoms with E-state index in [4.69, 9.17) is 0 Å². The van der Waals surface area contributed by atoms with E-state index in [1.54, 1.807) is 0 Å². The lowest BCUT2D eigenvalue weighted by atomic mass is 9.70. The predicted octanol–water partition coefficient (Wildman–Crippen LogP) is 19.2. The maximum absolute atomic E-state index is 2.62. The van der Waals surface area contributed by atoms with Crippen LogP contribution in [0.5, 0.6) is 0 Å². The monoisotopic (exact) mass is 941 g/mol. The molecule has 0 saturated carbocycles. The Morgan fingerprint density at radius 2 is 0.622 bits per heavy atom. The van der Waals surface area contributed by atoms with E-state index in [1.165, 1.54) is 132 Å². The maximum atomic E-state index is 2.62. The van der Waals surface area contributed by atoms with E-state index >= 15 is 0 Å². The van der Waals surface area contributed by atoms with E-state index in [1.807, 2.05) is 0 Å². The predicted molar refractivity (Wildman–Crippen MR) is 311 cm³/mol. The van der Waals surface area contributed by atoms with Gasteiger partial charge in [0, 0.05) is 27.8 Å². The molecule has 74 heavy (non-hydrogen) atoms. The van der Waals surface area contributed by atoms with Crippen molar-refractivity contribution in [3.05, 3.63) is 281 Å². The van der Waals surface area contributed by atoms with Gasteiger partial charge in [-0.05, 0) is 169 Å². The van der Waals surface area contributed by atoms with Gasteiger partial charge in [-0.25, -0.2) is 0 Å². The summed E-state index contributed by atoms with van der Waals surface area (Å²) in [5, 5.41) is 7.60. The molecule has 0 N–H and O–H groups in total. The molecule has 1 heteroatoms. The van der Waals surface area contributed by atoms with Gasteiger partial charge in [-0.3, -0.25) is 0 Å². The number of fused-ring (bicyclic) bond motifs is 22. The Balaban J connectivity index is 1.05. The van der Waals surface area contributed by atoms with Gasteiger partial charge < -0.3 is 4.90 Å². The highest BCUT2D eigenvalue weighted by molar-refractivity contribution is 6.26. The minimum absolute atomic E-state index is 0.171. The van der Waals surface area contributed by atoms with Crippen LogP contribution in [-0.2, 0) is 16.2 Å². The van der Waals surface area contributed by atoms with Gasteiger partial charge in [-0.15, -0.1) is 0 Å². The zero-order chi connectivity index (χ0) is 49.2. The lowest BCUT2D eigenvalue weighted by Crippen LogP contribution is -2.26. The fourth-order valence-electron chi connectivity index (χ4n) is 14.7. The van der Waals surface area contributed by atoms with E-state index < -0.39 is 5.41 Å². The molecule has 0 fully saturated rings. The summed E-state index contributed by atoms with van der Waals surface area (Å²) in [4.78, 5) is 2.62. The Labute approximate surface area is 432 Å². The summed E-state index contributed by atoms with van der Waals surface area (Å²) in [6.45, 7) is 9.61. The smallest absolute Gasteiger partial charge is 0.0726 e. The molecule has 1 spiro atoms. The van der Waals surface area contributed by atoms with E-state index in [0.717, 1.165) is 17.1 Å². The molecule has 0 bridgehead atoms. The third kappa shape index (κ3) is 5.28. The number of anilines is 3. The number of hydrogen-bond acceptors (Lipinski definition) is 1. The van der Waals surface area contributed by atoms with Crippen molar-refractivity contribution in [1.82, 2.24) is 0 Å². The lowest BCUT2D eigenvalue weighted by molar-refractivity contribution is 0.660. The van der Waals surface area contributed by atoms with Crippen LogP contribution in [0, 0.1) is 0 Å². The molecule has 0 heterocycles. The third-order valence-corrected chi connectivity index (χ3v) is 18.1. The summed E-state index contributed by atoms with van der Waals surface area (Å²) in [7, 11) is 0. The minimum Gasteiger partial charge on any atom is -0.310 e. The van der Waals surface area contributed by atoms with Crippen molar-refractivity contribution in [2.45, 2.75) is 43.9 Å². The molecule has 1 nitrogen and oxygen atoms in total. The van der Waals surface area contributed by atoms with Crippen molar-refractivity contribution in [1.29, 1.82) is 0 Å². The van der Waals surface area contributed by atoms with Gasteiger partial charge >= 0.3 is 0 Å². The summed E-state index contributed by atoms with van der Waals surface area (Å²) in [6.07, 6.45) is 0. The molecule has 0 aliphatic heterocycles. The molecular formula is C73H51N. The van der Waals surface area contributed by atoms with Crippen LogP contribution in [0.1, 0.15) is 72.2 Å². The van der Waals surface area contributed by atoms with Crippen molar-refractivity contribution in [3.63, 3.8) is 0 Å². The molecule has 0 saturated heterocycles. The zero-order valence-electron chi connectivity index (χ0n) is 42.0. The maximum Gasteiger partial charge on any atom is 0.0726 e. The van der Waals surface area contributed by atoms with Crippen molar-refractivity contribution in [2.75, 3.05) is 4.90 Å². The van der Waals surface area contributed by atoms with Gasteiger partial charge in [0.25, 0.3) is 0 Å². The van der Waals surface area contributed by atoms with Gasteiger partial charge in [-0.2, -0.15) is 0 Å². The number of rotatable bonds is 4. The van der Waals surface area contributed by atoms with Crippen molar-refractivity contribution in [3.8, 4) is 55.6 Å². The molecule has 0 aromatic heterocycles. The van der Waals surface area contributed by atoms with Crippen LogP contribution >= 0.6 is 0 Å². The molecule has 0 radical (unpaired) electrons. The number of nitrogens with zero attached hydrogens (tertiary/aromatic N) is 1. The van der Waals surface area contributed by atoms with E-state index in [9.17, 15) is 0 Å². The highest BCUT2D eigenvalue weighted by atomic mass is 15.1. The summed E-state index contributed by atoms with van der Waals surface area (Å²) in [6, 6.07) is 90.7. The molecular weight excluding hydrogens is 891 g/mol. The fraction of sp³-hybridized carbons (Fsp3) is 0.0959. The summed E-state index contributed by atoms with van der Waals surface area (Å²) >= 11 is 0. The zero-order valence-corrected chi connectivity index (χ0v) is 42.0. The first kappa shape index (κ1) is 41.8. The first-order valence-electron chi connectivity index (χ1n) is 26.3. The third-order valence-electron chi connectivity index (χ3n) is 18.1. The van der Waals surface area contributed by atoms with Crippen LogP contribution in [0.25, 0.3) is 88.0 Å². The van der Waals surface area contributed by atoms with Crippen LogP contribution in [0.15, 0.2) is 237 Å². The van der Waals surface area contributed by atoms with E-state index in [0.29, 0.717) is 0 Å². The summed E-state index contributed by atoms with van der Waals surface area (Å²) < 4.78 is 0. The number of hydrogen-bond donors (Lipinski definition) is 0. The van der Waals surface area contributed by atoms with Gasteiger partial charge in [-0.1, -0.05) is 222 Å². The fourth-order valence-corrected chi connectivity index (χ4v) is 14.7. The standard InChI is InChI=1S/C73H51N/c1-71(2)62-28-14-9-23-52(62)57-36-33-44(39-67(57)71)59-42-61-56-27-13-18-32-66(56)73(64-30-16-11-25-54(64)55-26-12-17-31-65(55)73)69(61)43-70(59)74(46-35-38-58-53-24-10-15-29-63(53)72(3,4)68(58)41-46)45-34-37-51-49-21-6-5-19-47(49)48-20-7-8-22-50(48)60(51)40-45/h5-43H,1-4H3. The van der Waals surface area contributed by atoms with Gasteiger partial charge in [0.05, 0.1) is 11.1 Å². The second-order valence-electron chi connectivity index (χ2n) is 22.3. The van der Waals surface area contributed by atoms with Crippen LogP contribution in [0.4, 0.5) is 17.1 Å². The highest BCUT2D eigenvalue weighted by Crippen LogP contribution is 2.65. The van der Waals surface area contributed by atoms with Crippen molar-refractivity contribution in [2.24, 2.45) is 0 Å². The molecule has 4 aliphatic carbocycles. The second-order valence-corrected chi connectivity index (χ2v) is 22.3. The molecule has 0 unspecified atom stereocenters. The quantitative estimate of drug-likeness (QED) is 0.159. The molecule has 348 valence electrons. The molecule has 12 aromatic carbocycles. The van der Waals surface area contributed by atoms with Crippen LogP contribution in [-0.4, -0.2) is 0 Å². The summed E-state index contributed by atoms with van der Waals surface area (Å²) in [5.74, 6) is 0. The Bertz CT molecular complexity index is 4370. The van der Waals surface area contributed by atoms with Crippen LogP contribution in [0.2, 0.25) is 0 Å². The van der Waals surface area contributed by atoms with Crippen molar-refractivity contribution < 1.29 is 0 Å². The number of benzene rings is 12. The second kappa shape index (κ2) is 14.7. The minimum atomic E-state index is -0.528. The average Bonchev–Trinajstić information content (AvgIpc) is 4.08. The Morgan fingerprint density at radius 1 is 0.243 bits per heavy atom. The molecule has 12 aromatic rings. The van der Waals surface area contributed by atoms with E-state index in [-0.39, 0.29) is 10.8 Å². The van der Waals surface area contributed by atoms with Crippen LogP contribution in [0.3, 0.4) is 0 Å². The van der Waals surface area contributed by atoms with Gasteiger partial charge in [0.2, 0.25) is 0 Å². The lowest BCUT2D eigenvalue weighted by Gasteiger charge is -2.34. The molecule has 0 amide bonds. The van der Waals surface area contributed by atoms with Crippen LogP contribution < -0.4 is 4.90 Å². The molecule has 0 atom stereocenters. The Kier molecular flexibility index (Phi) is 8.29. The first-order chi connectivity index (χ1) is 36.2. The Hall–Kier alpha value is -8.78. The normalized spacial score (nSPS) is 15.1. The van der Waals surface area contributed by atoms with Gasteiger partial charge in [0.15, 0.2) is 0 Å². The average molecular weight is 942 g/mol. The first-order valence-corrected chi connectivity index (χ1v) is 26.3. The van der Waals surface area contributed by atoms with Crippen molar-refractivity contribution >= 4 is 49.4 Å². The SMILES string of the molecule is CC1(C)c2ccccc2-c2ccc(-c3cc4c(cc3N(c3ccc5c(c3)C(C)(C)c3ccccc3-5)c3ccc5c6ccccc6c6ccccc6c5c3)C3(c5ccccc5-c5ccccc53)c3ccccc3-4)cc21. The summed E-state index contributed by atoms with van der Waals surface area (Å²) in [5.41, 5.74) is 26.3.